The summed E-state index contributed by atoms with van der Waals surface area (Å²) in [4.78, 5) is 15.4. The highest BCUT2D eigenvalue weighted by atomic mass is 19.1. The zero-order chi connectivity index (χ0) is 23.4. The maximum atomic E-state index is 14.5. The van der Waals surface area contributed by atoms with E-state index in [-0.39, 0.29) is 30.6 Å². The maximum absolute atomic E-state index is 14.5. The molecule has 0 radical (unpaired) electrons. The van der Waals surface area contributed by atoms with E-state index in [1.807, 2.05) is 16.8 Å². The minimum atomic E-state index is -1.08. The SMILES string of the molecule is N#Cc1ccc2c(cnn2C[C@@H]2C[C@H](C(=O)N3CC(F)CC3c3cccc(F)c3)C3CC2C3)c1. The number of alkyl halides is 1. The Hall–Kier alpha value is -3.27. The molecule has 3 aromatic rings. The van der Waals surface area contributed by atoms with Crippen LogP contribution in [0.1, 0.15) is 42.9 Å². The molecule has 3 saturated carbocycles. The van der Waals surface area contributed by atoms with Crippen LogP contribution in [0.3, 0.4) is 0 Å². The van der Waals surface area contributed by atoms with E-state index in [4.69, 9.17) is 5.26 Å². The second-order valence-corrected chi connectivity index (χ2v) is 10.2. The average molecular weight is 461 g/mol. The monoisotopic (exact) mass is 460 g/mol. The largest absolute Gasteiger partial charge is 0.332 e. The smallest absolute Gasteiger partial charge is 0.226 e. The number of rotatable bonds is 4. The Labute approximate surface area is 197 Å². The van der Waals surface area contributed by atoms with Crippen molar-refractivity contribution in [3.8, 4) is 6.07 Å². The van der Waals surface area contributed by atoms with Gasteiger partial charge >= 0.3 is 0 Å². The normalized spacial score (nSPS) is 30.2. The molecule has 1 aromatic heterocycles. The molecule has 7 rings (SSSR count). The van der Waals surface area contributed by atoms with Crippen molar-refractivity contribution in [2.75, 3.05) is 6.54 Å². The fourth-order valence-corrected chi connectivity index (χ4v) is 6.45. The number of likely N-dealkylation sites (tertiary alicyclic amines) is 1. The highest BCUT2D eigenvalue weighted by molar-refractivity contribution is 5.81. The molecule has 0 spiro atoms. The minimum absolute atomic E-state index is 0.0200. The fraction of sp³-hybridized carbons (Fsp3) is 0.444. The molecule has 7 heteroatoms. The van der Waals surface area contributed by atoms with Crippen molar-refractivity contribution in [2.24, 2.45) is 23.7 Å². The standard InChI is InChI=1S/C27H26F2N4O/c28-22-3-1-2-17(9-22)26-11-23(29)15-32(26)27(34)24-10-21(18-7-19(24)8-18)14-33-25-5-4-16(12-30)6-20(25)13-31-33/h1-6,9,13,18-19,21,23-24,26H,7-8,10-11,14-15H2/t18?,19?,21-,23?,24-,26?/m0/s1. The first kappa shape index (κ1) is 21.3. The van der Waals surface area contributed by atoms with E-state index in [0.717, 1.165) is 36.7 Å². The summed E-state index contributed by atoms with van der Waals surface area (Å²) in [6, 6.07) is 13.6. The van der Waals surface area contributed by atoms with Crippen LogP contribution in [0.5, 0.6) is 0 Å². The molecule has 34 heavy (non-hydrogen) atoms. The molecule has 1 amide bonds. The molecule has 1 saturated heterocycles. The molecule has 5 nitrogen and oxygen atoms in total. The molecule has 4 atom stereocenters. The molecule has 4 aliphatic rings. The van der Waals surface area contributed by atoms with Crippen molar-refractivity contribution >= 4 is 16.8 Å². The number of nitrogens with zero attached hydrogens (tertiary/aromatic N) is 4. The van der Waals surface area contributed by atoms with Gasteiger partial charge in [0, 0.05) is 24.3 Å². The molecule has 4 fully saturated rings. The van der Waals surface area contributed by atoms with Gasteiger partial charge in [0.15, 0.2) is 0 Å². The lowest BCUT2D eigenvalue weighted by Gasteiger charge is -2.51. The maximum Gasteiger partial charge on any atom is 0.226 e. The molecule has 2 unspecified atom stereocenters. The van der Waals surface area contributed by atoms with Gasteiger partial charge in [-0.3, -0.25) is 9.48 Å². The summed E-state index contributed by atoms with van der Waals surface area (Å²) in [6.07, 6.45) is 3.75. The summed E-state index contributed by atoms with van der Waals surface area (Å²) < 4.78 is 30.3. The third kappa shape index (κ3) is 3.56. The quantitative estimate of drug-likeness (QED) is 0.549. The third-order valence-corrected chi connectivity index (χ3v) is 8.27. The first-order valence-corrected chi connectivity index (χ1v) is 12.1. The van der Waals surface area contributed by atoms with Crippen molar-refractivity contribution in [1.29, 1.82) is 5.26 Å². The number of fused-ring (bicyclic) bond motifs is 3. The molecule has 174 valence electrons. The summed E-state index contributed by atoms with van der Waals surface area (Å²) in [5.74, 6) is 0.801. The second kappa shape index (κ2) is 8.19. The lowest BCUT2D eigenvalue weighted by Crippen LogP contribution is -2.50. The molecular weight excluding hydrogens is 434 g/mol. The van der Waals surface area contributed by atoms with Crippen LogP contribution in [-0.4, -0.2) is 33.3 Å². The van der Waals surface area contributed by atoms with Gasteiger partial charge in [-0.25, -0.2) is 8.78 Å². The van der Waals surface area contributed by atoms with Crippen molar-refractivity contribution in [3.63, 3.8) is 0 Å². The van der Waals surface area contributed by atoms with E-state index < -0.39 is 12.2 Å². The van der Waals surface area contributed by atoms with Crippen LogP contribution < -0.4 is 0 Å². The van der Waals surface area contributed by atoms with Crippen LogP contribution in [0.25, 0.3) is 10.9 Å². The van der Waals surface area contributed by atoms with E-state index in [1.54, 1.807) is 29.3 Å². The van der Waals surface area contributed by atoms with Gasteiger partial charge in [-0.05, 0) is 72.9 Å². The van der Waals surface area contributed by atoms with Gasteiger partial charge in [0.05, 0.1) is 35.9 Å². The van der Waals surface area contributed by atoms with Crippen LogP contribution in [0.2, 0.25) is 0 Å². The van der Waals surface area contributed by atoms with E-state index in [9.17, 15) is 13.6 Å². The Morgan fingerprint density at radius 3 is 2.76 bits per heavy atom. The predicted molar refractivity (Wildman–Crippen MR) is 123 cm³/mol. The van der Waals surface area contributed by atoms with Gasteiger partial charge in [-0.15, -0.1) is 0 Å². The number of nitriles is 1. The number of carbonyl (C=O) groups excluding carboxylic acids is 1. The van der Waals surface area contributed by atoms with Crippen molar-refractivity contribution in [2.45, 2.75) is 44.4 Å². The summed E-state index contributed by atoms with van der Waals surface area (Å²) in [5, 5.41) is 14.6. The zero-order valence-corrected chi connectivity index (χ0v) is 18.8. The predicted octanol–water partition coefficient (Wildman–Crippen LogP) is 5.02. The topological polar surface area (TPSA) is 61.9 Å². The summed E-state index contributed by atoms with van der Waals surface area (Å²) in [5.41, 5.74) is 2.28. The number of hydrogen-bond donors (Lipinski definition) is 0. The summed E-state index contributed by atoms with van der Waals surface area (Å²) in [7, 11) is 0. The molecule has 2 bridgehead atoms. The molecular formula is C27H26F2N4O. The van der Waals surface area contributed by atoms with Crippen molar-refractivity contribution in [1.82, 2.24) is 14.7 Å². The molecule has 2 heterocycles. The molecule has 2 aromatic carbocycles. The van der Waals surface area contributed by atoms with Crippen LogP contribution >= 0.6 is 0 Å². The first-order valence-electron chi connectivity index (χ1n) is 12.1. The Morgan fingerprint density at radius 2 is 1.97 bits per heavy atom. The average Bonchev–Trinajstić information content (AvgIpc) is 3.40. The highest BCUT2D eigenvalue weighted by Gasteiger charge is 2.51. The Morgan fingerprint density at radius 1 is 1.12 bits per heavy atom. The van der Waals surface area contributed by atoms with E-state index >= 15 is 0 Å². The number of benzene rings is 2. The second-order valence-electron chi connectivity index (χ2n) is 10.2. The highest BCUT2D eigenvalue weighted by Crippen LogP contribution is 2.54. The summed E-state index contributed by atoms with van der Waals surface area (Å²) >= 11 is 0. The van der Waals surface area contributed by atoms with Gasteiger partial charge in [0.2, 0.25) is 5.91 Å². The lowest BCUT2D eigenvalue weighted by molar-refractivity contribution is -0.147. The van der Waals surface area contributed by atoms with E-state index in [2.05, 4.69) is 11.2 Å². The van der Waals surface area contributed by atoms with Gasteiger partial charge in [0.25, 0.3) is 0 Å². The number of aromatic nitrogens is 2. The summed E-state index contributed by atoms with van der Waals surface area (Å²) in [6.45, 7) is 0.817. The van der Waals surface area contributed by atoms with Crippen LogP contribution in [0, 0.1) is 40.8 Å². The van der Waals surface area contributed by atoms with Crippen LogP contribution in [0.15, 0.2) is 48.7 Å². The number of halogens is 2. The first-order chi connectivity index (χ1) is 16.5. The van der Waals surface area contributed by atoms with Gasteiger partial charge < -0.3 is 4.90 Å². The third-order valence-electron chi connectivity index (χ3n) is 8.27. The lowest BCUT2D eigenvalue weighted by atomic mass is 9.55. The fourth-order valence-electron chi connectivity index (χ4n) is 6.45. The Bertz CT molecular complexity index is 1290. The van der Waals surface area contributed by atoms with Crippen molar-refractivity contribution in [3.05, 3.63) is 65.6 Å². The van der Waals surface area contributed by atoms with Crippen LogP contribution in [0.4, 0.5) is 8.78 Å². The minimum Gasteiger partial charge on any atom is -0.332 e. The van der Waals surface area contributed by atoms with Gasteiger partial charge in [-0.2, -0.15) is 10.4 Å². The number of hydrogen-bond acceptors (Lipinski definition) is 3. The van der Waals surface area contributed by atoms with Crippen LogP contribution in [-0.2, 0) is 11.3 Å². The number of carbonyl (C=O) groups is 1. The molecule has 3 aliphatic carbocycles. The van der Waals surface area contributed by atoms with Gasteiger partial charge in [-0.1, -0.05) is 12.1 Å². The molecule has 0 N–H and O–H groups in total. The Kier molecular flexibility index (Phi) is 5.13. The van der Waals surface area contributed by atoms with Gasteiger partial charge in [0.1, 0.15) is 12.0 Å². The number of amides is 1. The zero-order valence-electron chi connectivity index (χ0n) is 18.8. The van der Waals surface area contributed by atoms with E-state index in [1.165, 1.54) is 12.1 Å². The van der Waals surface area contributed by atoms with Crippen molar-refractivity contribution < 1.29 is 13.6 Å². The molecule has 1 aliphatic heterocycles. The van der Waals surface area contributed by atoms with E-state index in [0.29, 0.717) is 28.9 Å². The Balaban J connectivity index is 1.21.